The van der Waals surface area contributed by atoms with Gasteiger partial charge in [-0.1, -0.05) is 17.2 Å². The summed E-state index contributed by atoms with van der Waals surface area (Å²) in [4.78, 5) is 18.5. The standard InChI is InChI=1S/C22H24N8O2/c1-14-23-15(2)30(28-14)13-16-6-5-7-19(12-16)25-21(31)24-18-10-8-17(9-11-18)20-26-27-22(32-20)29(3)4/h5-12H,13H2,1-4H3,(H2,24,25,31). The van der Waals surface area contributed by atoms with Crippen LogP contribution in [0.3, 0.4) is 0 Å². The zero-order valence-electron chi connectivity index (χ0n) is 18.3. The van der Waals surface area contributed by atoms with Crippen LogP contribution < -0.4 is 15.5 Å². The van der Waals surface area contributed by atoms with E-state index in [0.29, 0.717) is 29.8 Å². The lowest BCUT2D eigenvalue weighted by atomic mass is 10.2. The summed E-state index contributed by atoms with van der Waals surface area (Å²) < 4.78 is 7.42. The van der Waals surface area contributed by atoms with Crippen molar-refractivity contribution in [2.45, 2.75) is 20.4 Å². The predicted octanol–water partition coefficient (Wildman–Crippen LogP) is 3.70. The van der Waals surface area contributed by atoms with Gasteiger partial charge in [0.25, 0.3) is 0 Å². The van der Waals surface area contributed by atoms with Crippen molar-refractivity contribution >= 4 is 23.4 Å². The number of amides is 2. The highest BCUT2D eigenvalue weighted by molar-refractivity contribution is 5.99. The number of aryl methyl sites for hydroxylation is 2. The van der Waals surface area contributed by atoms with Gasteiger partial charge in [-0.05, 0) is 55.8 Å². The summed E-state index contributed by atoms with van der Waals surface area (Å²) in [6, 6.07) is 14.9. The molecule has 4 aromatic rings. The Bertz CT molecular complexity index is 1230. The van der Waals surface area contributed by atoms with Crippen LogP contribution in [0, 0.1) is 13.8 Å². The minimum atomic E-state index is -0.338. The van der Waals surface area contributed by atoms with Gasteiger partial charge < -0.3 is 20.0 Å². The Morgan fingerprint density at radius 2 is 1.78 bits per heavy atom. The van der Waals surface area contributed by atoms with E-state index >= 15 is 0 Å². The number of hydrogen-bond donors (Lipinski definition) is 2. The molecule has 0 aliphatic heterocycles. The molecule has 2 aromatic heterocycles. The highest BCUT2D eigenvalue weighted by Crippen LogP contribution is 2.23. The van der Waals surface area contributed by atoms with Gasteiger partial charge in [0, 0.05) is 31.0 Å². The minimum Gasteiger partial charge on any atom is -0.403 e. The van der Waals surface area contributed by atoms with Crippen LogP contribution in [-0.2, 0) is 6.54 Å². The Morgan fingerprint density at radius 1 is 1.03 bits per heavy atom. The fourth-order valence-electron chi connectivity index (χ4n) is 3.13. The normalized spacial score (nSPS) is 10.8. The van der Waals surface area contributed by atoms with E-state index in [1.165, 1.54) is 0 Å². The summed E-state index contributed by atoms with van der Waals surface area (Å²) in [5.41, 5.74) is 3.11. The Balaban J connectivity index is 1.37. The Hall–Kier alpha value is -4.21. The molecule has 2 heterocycles. The lowest BCUT2D eigenvalue weighted by Gasteiger charge is -2.10. The molecule has 0 spiro atoms. The molecule has 2 amide bonds. The van der Waals surface area contributed by atoms with Gasteiger partial charge in [-0.15, -0.1) is 5.10 Å². The third-order valence-electron chi connectivity index (χ3n) is 4.67. The molecule has 0 fully saturated rings. The minimum absolute atomic E-state index is 0.338. The van der Waals surface area contributed by atoms with Gasteiger partial charge in [0.05, 0.1) is 6.54 Å². The number of urea groups is 1. The Morgan fingerprint density at radius 3 is 2.44 bits per heavy atom. The number of rotatable bonds is 6. The second-order valence-corrected chi connectivity index (χ2v) is 7.50. The van der Waals surface area contributed by atoms with Gasteiger partial charge in [0.1, 0.15) is 11.6 Å². The predicted molar refractivity (Wildman–Crippen MR) is 122 cm³/mol. The summed E-state index contributed by atoms with van der Waals surface area (Å²) >= 11 is 0. The number of carbonyl (C=O) groups is 1. The van der Waals surface area contributed by atoms with E-state index in [9.17, 15) is 4.79 Å². The number of anilines is 3. The number of carbonyl (C=O) groups excluding carboxylic acids is 1. The first kappa shape index (κ1) is 21.0. The SMILES string of the molecule is Cc1nc(C)n(Cc2cccc(NC(=O)Nc3ccc(-c4nnc(N(C)C)o4)cc3)c2)n1. The summed E-state index contributed by atoms with van der Waals surface area (Å²) in [5, 5.41) is 18.1. The number of hydrogen-bond acceptors (Lipinski definition) is 7. The van der Waals surface area contributed by atoms with E-state index in [-0.39, 0.29) is 6.03 Å². The topological polar surface area (TPSA) is 114 Å². The van der Waals surface area contributed by atoms with Crippen molar-refractivity contribution in [1.29, 1.82) is 0 Å². The number of aromatic nitrogens is 5. The molecule has 0 saturated heterocycles. The second kappa shape index (κ2) is 8.88. The molecule has 0 saturated carbocycles. The number of nitrogens with zero attached hydrogens (tertiary/aromatic N) is 6. The molecular formula is C22H24N8O2. The highest BCUT2D eigenvalue weighted by Gasteiger charge is 2.11. The van der Waals surface area contributed by atoms with Crippen LogP contribution in [0.5, 0.6) is 0 Å². The van der Waals surface area contributed by atoms with E-state index in [1.807, 2.05) is 69.0 Å². The van der Waals surface area contributed by atoms with E-state index in [1.54, 1.807) is 17.0 Å². The van der Waals surface area contributed by atoms with Gasteiger partial charge in [0.15, 0.2) is 0 Å². The van der Waals surface area contributed by atoms with Crippen LogP contribution in [-0.4, -0.2) is 45.1 Å². The number of nitrogens with one attached hydrogen (secondary N) is 2. The molecule has 10 nitrogen and oxygen atoms in total. The van der Waals surface area contributed by atoms with Gasteiger partial charge in [0.2, 0.25) is 5.89 Å². The maximum Gasteiger partial charge on any atom is 0.323 e. The molecule has 4 rings (SSSR count). The molecule has 0 aliphatic carbocycles. The van der Waals surface area contributed by atoms with Crippen LogP contribution >= 0.6 is 0 Å². The van der Waals surface area contributed by atoms with Crippen molar-refractivity contribution in [2.75, 3.05) is 29.6 Å². The van der Waals surface area contributed by atoms with Crippen LogP contribution in [0.4, 0.5) is 22.2 Å². The lowest BCUT2D eigenvalue weighted by molar-refractivity contribution is 0.262. The quantitative estimate of drug-likeness (QED) is 0.477. The van der Waals surface area contributed by atoms with Crippen LogP contribution in [0.25, 0.3) is 11.5 Å². The molecule has 0 radical (unpaired) electrons. The molecule has 32 heavy (non-hydrogen) atoms. The summed E-state index contributed by atoms with van der Waals surface area (Å²) in [6.07, 6.45) is 0. The van der Waals surface area contributed by atoms with E-state index in [2.05, 4.69) is 30.9 Å². The monoisotopic (exact) mass is 432 g/mol. The maximum absolute atomic E-state index is 12.4. The van der Waals surface area contributed by atoms with Gasteiger partial charge >= 0.3 is 12.0 Å². The summed E-state index contributed by atoms with van der Waals surface area (Å²) in [5.74, 6) is 2.00. The zero-order valence-corrected chi connectivity index (χ0v) is 18.3. The van der Waals surface area contributed by atoms with Crippen LogP contribution in [0.1, 0.15) is 17.2 Å². The molecule has 0 unspecified atom stereocenters. The molecule has 0 aliphatic rings. The van der Waals surface area contributed by atoms with Crippen molar-refractivity contribution in [3.05, 3.63) is 65.7 Å². The Labute approximate surface area is 185 Å². The molecule has 164 valence electrons. The first-order chi connectivity index (χ1) is 15.4. The Kier molecular flexibility index (Phi) is 5.84. The summed E-state index contributed by atoms with van der Waals surface area (Å²) in [6.45, 7) is 4.36. The molecule has 10 heteroatoms. The first-order valence-electron chi connectivity index (χ1n) is 10.0. The largest absolute Gasteiger partial charge is 0.403 e. The van der Waals surface area contributed by atoms with E-state index in [0.717, 1.165) is 22.8 Å². The molecular weight excluding hydrogens is 408 g/mol. The average molecular weight is 432 g/mol. The molecule has 2 N–H and O–H groups in total. The van der Waals surface area contributed by atoms with Gasteiger partial charge in [-0.25, -0.2) is 14.5 Å². The lowest BCUT2D eigenvalue weighted by Crippen LogP contribution is -2.19. The zero-order chi connectivity index (χ0) is 22.7. The molecule has 0 bridgehead atoms. The van der Waals surface area contributed by atoms with Crippen molar-refractivity contribution < 1.29 is 9.21 Å². The van der Waals surface area contributed by atoms with Crippen molar-refractivity contribution in [1.82, 2.24) is 25.0 Å². The van der Waals surface area contributed by atoms with Crippen LogP contribution in [0.15, 0.2) is 52.9 Å². The highest BCUT2D eigenvalue weighted by atomic mass is 16.4. The third-order valence-corrected chi connectivity index (χ3v) is 4.67. The second-order valence-electron chi connectivity index (χ2n) is 7.50. The van der Waals surface area contributed by atoms with Crippen molar-refractivity contribution in [3.8, 4) is 11.5 Å². The van der Waals surface area contributed by atoms with Gasteiger partial charge in [-0.2, -0.15) is 5.10 Å². The average Bonchev–Trinajstić information content (AvgIpc) is 3.36. The maximum atomic E-state index is 12.4. The molecule has 0 atom stereocenters. The smallest absolute Gasteiger partial charge is 0.323 e. The van der Waals surface area contributed by atoms with Gasteiger partial charge in [-0.3, -0.25) is 0 Å². The molecule has 2 aromatic carbocycles. The number of benzene rings is 2. The fourth-order valence-corrected chi connectivity index (χ4v) is 3.13. The van der Waals surface area contributed by atoms with Crippen molar-refractivity contribution in [3.63, 3.8) is 0 Å². The first-order valence-corrected chi connectivity index (χ1v) is 10.0. The fraction of sp³-hybridized carbons (Fsp3) is 0.227. The van der Waals surface area contributed by atoms with E-state index in [4.69, 9.17) is 4.42 Å². The van der Waals surface area contributed by atoms with E-state index < -0.39 is 0 Å². The van der Waals surface area contributed by atoms with Crippen molar-refractivity contribution in [2.24, 2.45) is 0 Å². The summed E-state index contributed by atoms with van der Waals surface area (Å²) in [7, 11) is 3.66. The third kappa shape index (κ3) is 4.91. The van der Waals surface area contributed by atoms with Crippen LogP contribution in [0.2, 0.25) is 0 Å².